The maximum absolute atomic E-state index is 11.6. The summed E-state index contributed by atoms with van der Waals surface area (Å²) in [6.45, 7) is 0.194. The van der Waals surface area contributed by atoms with E-state index in [1.165, 1.54) is 7.11 Å². The van der Waals surface area contributed by atoms with Gasteiger partial charge in [-0.05, 0) is 0 Å². The lowest BCUT2D eigenvalue weighted by atomic mass is 9.95. The summed E-state index contributed by atoms with van der Waals surface area (Å²) in [5.41, 5.74) is 0.802. The summed E-state index contributed by atoms with van der Waals surface area (Å²) in [5, 5.41) is 11.7. The fourth-order valence-corrected chi connectivity index (χ4v) is 3.72. The SMILES string of the molecule is COC1OC2COC(c3ccccc3)OC2C(NC#N)C1OS(C)(=O)=O. The van der Waals surface area contributed by atoms with Crippen molar-refractivity contribution in [3.63, 3.8) is 0 Å². The van der Waals surface area contributed by atoms with Crippen LogP contribution in [0, 0.1) is 11.5 Å². The van der Waals surface area contributed by atoms with E-state index in [1.54, 1.807) is 0 Å². The van der Waals surface area contributed by atoms with E-state index in [2.05, 4.69) is 5.32 Å². The zero-order valence-corrected chi connectivity index (χ0v) is 15.1. The maximum atomic E-state index is 11.6. The van der Waals surface area contributed by atoms with E-state index in [0.29, 0.717) is 0 Å². The summed E-state index contributed by atoms with van der Waals surface area (Å²) >= 11 is 0. The molecule has 6 atom stereocenters. The van der Waals surface area contributed by atoms with Crippen molar-refractivity contribution in [2.45, 2.75) is 36.9 Å². The Hall–Kier alpha value is -1.74. The molecule has 6 unspecified atom stereocenters. The Balaban J connectivity index is 1.87. The Morgan fingerprint density at radius 1 is 1.27 bits per heavy atom. The third-order valence-corrected chi connectivity index (χ3v) is 4.74. The van der Waals surface area contributed by atoms with Gasteiger partial charge in [0.25, 0.3) is 10.1 Å². The van der Waals surface area contributed by atoms with Crippen LogP contribution in [-0.2, 0) is 33.2 Å². The summed E-state index contributed by atoms with van der Waals surface area (Å²) in [6, 6.07) is 8.49. The summed E-state index contributed by atoms with van der Waals surface area (Å²) in [5.74, 6) is 0. The van der Waals surface area contributed by atoms with Crippen LogP contribution < -0.4 is 5.32 Å². The lowest BCUT2D eigenvalue weighted by molar-refractivity contribution is -0.336. The molecular weight excluding hydrogens is 364 g/mol. The molecule has 3 rings (SSSR count). The standard InChI is InChI=1S/C16H20N2O7S/c1-21-16-14(25-26(2,19)20)12(18-9-17)13-11(23-16)8-22-15(24-13)10-6-4-3-5-7-10/h3-7,11-16,18H,8H2,1-2H3. The lowest BCUT2D eigenvalue weighted by Gasteiger charge is -2.48. The number of nitriles is 1. The third kappa shape index (κ3) is 4.15. The molecule has 0 amide bonds. The van der Waals surface area contributed by atoms with Crippen LogP contribution in [0.15, 0.2) is 30.3 Å². The quantitative estimate of drug-likeness (QED) is 0.433. The number of ether oxygens (including phenoxy) is 4. The lowest BCUT2D eigenvalue weighted by Crippen LogP contribution is -2.66. The van der Waals surface area contributed by atoms with Crippen molar-refractivity contribution in [2.24, 2.45) is 0 Å². The summed E-state index contributed by atoms with van der Waals surface area (Å²) in [6.07, 6.45) is -1.23. The van der Waals surface area contributed by atoms with Gasteiger partial charge in [0.15, 0.2) is 24.9 Å². The highest BCUT2D eigenvalue weighted by molar-refractivity contribution is 7.86. The molecule has 0 radical (unpaired) electrons. The molecule has 1 aromatic carbocycles. The van der Waals surface area contributed by atoms with Gasteiger partial charge in [0.05, 0.1) is 18.9 Å². The summed E-state index contributed by atoms with van der Waals surface area (Å²) in [4.78, 5) is 0. The minimum atomic E-state index is -3.82. The molecule has 0 aliphatic carbocycles. The molecule has 142 valence electrons. The monoisotopic (exact) mass is 384 g/mol. The molecule has 0 bridgehead atoms. The predicted molar refractivity (Wildman–Crippen MR) is 87.9 cm³/mol. The predicted octanol–water partition coefficient (Wildman–Crippen LogP) is 0.256. The van der Waals surface area contributed by atoms with Crippen LogP contribution >= 0.6 is 0 Å². The van der Waals surface area contributed by atoms with Gasteiger partial charge in [0, 0.05) is 12.7 Å². The molecule has 2 fully saturated rings. The van der Waals surface area contributed by atoms with Crippen LogP contribution in [0.25, 0.3) is 0 Å². The molecule has 26 heavy (non-hydrogen) atoms. The molecule has 9 nitrogen and oxygen atoms in total. The van der Waals surface area contributed by atoms with Gasteiger partial charge in [0.1, 0.15) is 12.2 Å². The molecule has 2 saturated heterocycles. The topological polar surface area (TPSA) is 116 Å². The number of nitrogens with one attached hydrogen (secondary N) is 1. The first kappa shape index (κ1) is 19.0. The largest absolute Gasteiger partial charge is 0.353 e. The molecule has 0 spiro atoms. The average Bonchev–Trinajstić information content (AvgIpc) is 2.62. The van der Waals surface area contributed by atoms with Crippen molar-refractivity contribution < 1.29 is 31.5 Å². The van der Waals surface area contributed by atoms with E-state index in [-0.39, 0.29) is 6.61 Å². The Kier molecular flexibility index (Phi) is 5.76. The van der Waals surface area contributed by atoms with E-state index >= 15 is 0 Å². The van der Waals surface area contributed by atoms with Gasteiger partial charge in [-0.3, -0.25) is 4.18 Å². The second-order valence-electron chi connectivity index (χ2n) is 6.00. The fraction of sp³-hybridized carbons (Fsp3) is 0.562. The summed E-state index contributed by atoms with van der Waals surface area (Å²) in [7, 11) is -2.45. The molecule has 2 aliphatic heterocycles. The zero-order valence-electron chi connectivity index (χ0n) is 14.3. The van der Waals surface area contributed by atoms with Crippen molar-refractivity contribution in [1.82, 2.24) is 5.32 Å². The van der Waals surface area contributed by atoms with Gasteiger partial charge in [-0.1, -0.05) is 30.3 Å². The normalized spacial score (nSPS) is 34.5. The summed E-state index contributed by atoms with van der Waals surface area (Å²) < 4.78 is 51.1. The van der Waals surface area contributed by atoms with E-state index in [9.17, 15) is 8.42 Å². The van der Waals surface area contributed by atoms with Gasteiger partial charge in [-0.25, -0.2) is 0 Å². The number of fused-ring (bicyclic) bond motifs is 1. The van der Waals surface area contributed by atoms with Crippen molar-refractivity contribution in [3.8, 4) is 6.19 Å². The molecule has 1 N–H and O–H groups in total. The van der Waals surface area contributed by atoms with E-state index < -0.39 is 47.1 Å². The van der Waals surface area contributed by atoms with Crippen molar-refractivity contribution >= 4 is 10.1 Å². The van der Waals surface area contributed by atoms with Crippen molar-refractivity contribution in [1.29, 1.82) is 5.26 Å². The average molecular weight is 384 g/mol. The number of rotatable bonds is 5. The van der Waals surface area contributed by atoms with Crippen LogP contribution in [0.1, 0.15) is 11.9 Å². The first-order chi connectivity index (χ1) is 12.4. The van der Waals surface area contributed by atoms with Gasteiger partial charge < -0.3 is 24.3 Å². The smallest absolute Gasteiger partial charge is 0.264 e. The highest BCUT2D eigenvalue weighted by atomic mass is 32.2. The first-order valence-electron chi connectivity index (χ1n) is 7.96. The number of methoxy groups -OCH3 is 1. The fourth-order valence-electron chi connectivity index (χ4n) is 3.11. The highest BCUT2D eigenvalue weighted by Gasteiger charge is 2.52. The van der Waals surface area contributed by atoms with Gasteiger partial charge in [-0.2, -0.15) is 13.7 Å². The van der Waals surface area contributed by atoms with Gasteiger partial charge in [-0.15, -0.1) is 0 Å². The minimum Gasteiger partial charge on any atom is -0.353 e. The molecule has 2 heterocycles. The Morgan fingerprint density at radius 3 is 2.62 bits per heavy atom. The van der Waals surface area contributed by atoms with Crippen LogP contribution in [0.3, 0.4) is 0 Å². The molecule has 1 aromatic rings. The van der Waals surface area contributed by atoms with Crippen LogP contribution in [0.2, 0.25) is 0 Å². The van der Waals surface area contributed by atoms with Crippen LogP contribution in [0.5, 0.6) is 0 Å². The molecule has 0 aromatic heterocycles. The Bertz CT molecular complexity index is 752. The third-order valence-electron chi connectivity index (χ3n) is 4.17. The van der Waals surface area contributed by atoms with Gasteiger partial charge in [0.2, 0.25) is 0 Å². The number of nitrogens with zero attached hydrogens (tertiary/aromatic N) is 1. The second-order valence-corrected chi connectivity index (χ2v) is 7.60. The second kappa shape index (κ2) is 7.87. The van der Waals surface area contributed by atoms with Crippen molar-refractivity contribution in [2.75, 3.05) is 20.0 Å². The number of benzene rings is 1. The van der Waals surface area contributed by atoms with E-state index in [1.807, 2.05) is 36.5 Å². The van der Waals surface area contributed by atoms with Crippen LogP contribution in [0.4, 0.5) is 0 Å². The molecular formula is C16H20N2O7S. The number of hydrogen-bond acceptors (Lipinski definition) is 9. The Morgan fingerprint density at radius 2 is 2.00 bits per heavy atom. The highest BCUT2D eigenvalue weighted by Crippen LogP contribution is 2.35. The maximum Gasteiger partial charge on any atom is 0.264 e. The molecule has 10 heteroatoms. The van der Waals surface area contributed by atoms with Crippen LogP contribution in [-0.4, -0.2) is 59.0 Å². The molecule has 0 saturated carbocycles. The van der Waals surface area contributed by atoms with Crippen molar-refractivity contribution in [3.05, 3.63) is 35.9 Å². The molecule has 2 aliphatic rings. The first-order valence-corrected chi connectivity index (χ1v) is 9.77. The minimum absolute atomic E-state index is 0.194. The Labute approximate surface area is 151 Å². The zero-order chi connectivity index (χ0) is 18.7. The van der Waals surface area contributed by atoms with E-state index in [4.69, 9.17) is 28.4 Å². The van der Waals surface area contributed by atoms with E-state index in [0.717, 1.165) is 11.8 Å². The van der Waals surface area contributed by atoms with Gasteiger partial charge >= 0.3 is 0 Å². The number of hydrogen-bond donors (Lipinski definition) is 1.